The van der Waals surface area contributed by atoms with Gasteiger partial charge in [-0.05, 0) is 0 Å². The highest BCUT2D eigenvalue weighted by Crippen LogP contribution is 2.19. The lowest BCUT2D eigenvalue weighted by Crippen LogP contribution is -2.40. The van der Waals surface area contributed by atoms with Gasteiger partial charge in [-0.2, -0.15) is 0 Å². The third-order valence-corrected chi connectivity index (χ3v) is 1.78. The molecule has 0 aromatic carbocycles. The van der Waals surface area contributed by atoms with E-state index in [-0.39, 0.29) is 18.8 Å². The number of Topliss-reactive ketones (excluding diaryl/α,β-unsaturated/α-hetero) is 1. The molecule has 0 N–H and O–H groups in total. The molecule has 1 fully saturated rings. The van der Waals surface area contributed by atoms with Crippen molar-refractivity contribution in [2.24, 2.45) is 0 Å². The zero-order valence-corrected chi connectivity index (χ0v) is 8.37. The maximum absolute atomic E-state index is 11.2. The molecule has 1 atom stereocenters. The lowest BCUT2D eigenvalue weighted by atomic mass is 10.1. The molecule has 0 bridgehead atoms. The lowest BCUT2D eigenvalue weighted by Gasteiger charge is -2.30. The van der Waals surface area contributed by atoms with Gasteiger partial charge in [-0.3, -0.25) is 9.59 Å². The first kappa shape index (κ1) is 11.1. The van der Waals surface area contributed by atoms with E-state index in [0.717, 1.165) is 0 Å². The van der Waals surface area contributed by atoms with Crippen LogP contribution in [0.2, 0.25) is 0 Å². The van der Waals surface area contributed by atoms with Crippen molar-refractivity contribution in [3.63, 3.8) is 0 Å². The molecule has 0 aromatic rings. The van der Waals surface area contributed by atoms with Gasteiger partial charge in [0.15, 0.2) is 5.78 Å². The second-order valence-electron chi connectivity index (χ2n) is 3.34. The molecule has 0 spiro atoms. The number of carbonyl (C=O) groups is 2. The Hall–Kier alpha value is -0.940. The molecule has 1 heterocycles. The third-order valence-electron chi connectivity index (χ3n) is 1.78. The normalized spacial score (nSPS) is 29.1. The van der Waals surface area contributed by atoms with Crippen molar-refractivity contribution in [3.8, 4) is 0 Å². The second-order valence-corrected chi connectivity index (χ2v) is 3.34. The molecular formula is C9H14O5. The highest BCUT2D eigenvalue weighted by Gasteiger charge is 2.32. The zero-order chi connectivity index (χ0) is 10.6. The van der Waals surface area contributed by atoms with Crippen molar-refractivity contribution >= 4 is 11.8 Å². The fourth-order valence-corrected chi connectivity index (χ4v) is 1.33. The Bertz CT molecular complexity index is 237. The van der Waals surface area contributed by atoms with Gasteiger partial charge in [0.1, 0.15) is 6.61 Å². The van der Waals surface area contributed by atoms with E-state index in [9.17, 15) is 9.59 Å². The minimum absolute atomic E-state index is 0.0343. The average Bonchev–Trinajstić information content (AvgIpc) is 1.98. The molecule has 5 nitrogen and oxygen atoms in total. The Morgan fingerprint density at radius 1 is 1.50 bits per heavy atom. The number of rotatable bonds is 1. The molecule has 0 amide bonds. The third kappa shape index (κ3) is 3.43. The van der Waals surface area contributed by atoms with Crippen LogP contribution in [0.5, 0.6) is 0 Å². The summed E-state index contributed by atoms with van der Waals surface area (Å²) in [6.07, 6.45) is 0.0343. The Morgan fingerprint density at radius 3 is 2.86 bits per heavy atom. The quantitative estimate of drug-likeness (QED) is 0.571. The monoisotopic (exact) mass is 202 g/mol. The van der Waals surface area contributed by atoms with Gasteiger partial charge >= 0.3 is 5.97 Å². The first-order valence-corrected chi connectivity index (χ1v) is 4.45. The van der Waals surface area contributed by atoms with Gasteiger partial charge in [0, 0.05) is 13.8 Å². The van der Waals surface area contributed by atoms with Gasteiger partial charge < -0.3 is 14.2 Å². The van der Waals surface area contributed by atoms with Crippen LogP contribution in [0.4, 0.5) is 0 Å². The number of hydrogen-bond donors (Lipinski definition) is 0. The molecule has 1 saturated heterocycles. The van der Waals surface area contributed by atoms with Crippen LogP contribution in [0, 0.1) is 0 Å². The maximum Gasteiger partial charge on any atom is 0.305 e. The maximum atomic E-state index is 11.2. The molecule has 1 unspecified atom stereocenters. The topological polar surface area (TPSA) is 61.8 Å². The Labute approximate surface area is 82.3 Å². The zero-order valence-electron chi connectivity index (χ0n) is 8.37. The molecule has 0 aliphatic carbocycles. The van der Waals surface area contributed by atoms with Crippen molar-refractivity contribution in [1.29, 1.82) is 0 Å². The van der Waals surface area contributed by atoms with Gasteiger partial charge in [-0.15, -0.1) is 0 Å². The molecule has 1 aliphatic heterocycles. The van der Waals surface area contributed by atoms with Gasteiger partial charge in [0.25, 0.3) is 0 Å². The summed E-state index contributed by atoms with van der Waals surface area (Å²) in [5, 5.41) is 0. The average molecular weight is 202 g/mol. The predicted molar refractivity (Wildman–Crippen MR) is 46.6 cm³/mol. The fourth-order valence-electron chi connectivity index (χ4n) is 1.33. The summed E-state index contributed by atoms with van der Waals surface area (Å²) in [5.74, 6) is -1.72. The molecule has 1 aliphatic rings. The summed E-state index contributed by atoms with van der Waals surface area (Å²) >= 11 is 0. The molecule has 0 saturated carbocycles. The molecule has 0 aromatic heterocycles. The Morgan fingerprint density at radius 2 is 2.21 bits per heavy atom. The van der Waals surface area contributed by atoms with Crippen LogP contribution in [-0.2, 0) is 23.8 Å². The number of ether oxygens (including phenoxy) is 3. The fraction of sp³-hybridized carbons (Fsp3) is 0.778. The van der Waals surface area contributed by atoms with E-state index >= 15 is 0 Å². The Kier molecular flexibility index (Phi) is 3.60. The van der Waals surface area contributed by atoms with E-state index in [1.807, 2.05) is 0 Å². The highest BCUT2D eigenvalue weighted by molar-refractivity contribution is 5.81. The summed E-state index contributed by atoms with van der Waals surface area (Å²) < 4.78 is 15.2. The largest absolute Gasteiger partial charge is 0.433 e. The minimum atomic E-state index is -1.13. The van der Waals surface area contributed by atoms with Crippen molar-refractivity contribution in [2.75, 3.05) is 19.8 Å². The molecule has 0 radical (unpaired) electrons. The van der Waals surface area contributed by atoms with Crippen molar-refractivity contribution in [3.05, 3.63) is 0 Å². The van der Waals surface area contributed by atoms with E-state index in [1.54, 1.807) is 6.92 Å². The van der Waals surface area contributed by atoms with E-state index in [0.29, 0.717) is 13.2 Å². The van der Waals surface area contributed by atoms with Crippen LogP contribution in [0.25, 0.3) is 0 Å². The highest BCUT2D eigenvalue weighted by atomic mass is 16.7. The van der Waals surface area contributed by atoms with Crippen LogP contribution in [0.15, 0.2) is 0 Å². The van der Waals surface area contributed by atoms with E-state index < -0.39 is 11.8 Å². The summed E-state index contributed by atoms with van der Waals surface area (Å²) in [6, 6.07) is 0. The van der Waals surface area contributed by atoms with E-state index in [1.165, 1.54) is 6.92 Å². The van der Waals surface area contributed by atoms with Crippen molar-refractivity contribution in [1.82, 2.24) is 0 Å². The van der Waals surface area contributed by atoms with Gasteiger partial charge in [0.2, 0.25) is 5.79 Å². The summed E-state index contributed by atoms with van der Waals surface area (Å²) in [4.78, 5) is 22.0. The second kappa shape index (κ2) is 4.52. The minimum Gasteiger partial charge on any atom is -0.433 e. The van der Waals surface area contributed by atoms with Crippen molar-refractivity contribution in [2.45, 2.75) is 26.1 Å². The number of ketones is 1. The van der Waals surface area contributed by atoms with Crippen LogP contribution in [-0.4, -0.2) is 37.4 Å². The Balaban J connectivity index is 2.62. The van der Waals surface area contributed by atoms with E-state index in [2.05, 4.69) is 0 Å². The summed E-state index contributed by atoms with van der Waals surface area (Å²) in [5.41, 5.74) is 0. The molecule has 80 valence electrons. The number of hydrogen-bond acceptors (Lipinski definition) is 5. The van der Waals surface area contributed by atoms with Crippen molar-refractivity contribution < 1.29 is 23.8 Å². The standard InChI is InChI=1S/C9H14O5/c1-7(10)14-9(2)5-8(11)6-12-3-4-13-9/h3-6H2,1-2H3. The predicted octanol–water partition coefficient (Wildman–Crippen LogP) is 0.272. The van der Waals surface area contributed by atoms with Crippen LogP contribution >= 0.6 is 0 Å². The molecule has 1 rings (SSSR count). The van der Waals surface area contributed by atoms with Gasteiger partial charge in [-0.1, -0.05) is 0 Å². The van der Waals surface area contributed by atoms with Crippen LogP contribution in [0.3, 0.4) is 0 Å². The summed E-state index contributed by atoms with van der Waals surface area (Å²) in [6.45, 7) is 3.58. The SMILES string of the molecule is CC(=O)OC1(C)CC(=O)COCCO1. The van der Waals surface area contributed by atoms with Crippen LogP contribution < -0.4 is 0 Å². The molecular weight excluding hydrogens is 188 g/mol. The molecule has 14 heavy (non-hydrogen) atoms. The van der Waals surface area contributed by atoms with Gasteiger partial charge in [-0.25, -0.2) is 0 Å². The lowest BCUT2D eigenvalue weighted by molar-refractivity contribution is -0.231. The van der Waals surface area contributed by atoms with Gasteiger partial charge in [0.05, 0.1) is 19.6 Å². The number of esters is 1. The first-order valence-electron chi connectivity index (χ1n) is 4.45. The summed E-state index contributed by atoms with van der Waals surface area (Å²) in [7, 11) is 0. The number of carbonyl (C=O) groups excluding carboxylic acids is 2. The first-order chi connectivity index (χ1) is 6.52. The smallest absolute Gasteiger partial charge is 0.305 e. The molecule has 5 heteroatoms. The van der Waals surface area contributed by atoms with Crippen LogP contribution in [0.1, 0.15) is 20.3 Å². The van der Waals surface area contributed by atoms with E-state index in [4.69, 9.17) is 14.2 Å².